The van der Waals surface area contributed by atoms with Crippen molar-refractivity contribution in [3.05, 3.63) is 29.3 Å². The highest BCUT2D eigenvalue weighted by molar-refractivity contribution is 5.92. The van der Waals surface area contributed by atoms with E-state index in [9.17, 15) is 4.79 Å². The number of hydrogen-bond donors (Lipinski definition) is 2. The van der Waals surface area contributed by atoms with Crippen molar-refractivity contribution in [3.8, 4) is 0 Å². The van der Waals surface area contributed by atoms with Crippen molar-refractivity contribution in [2.75, 3.05) is 11.9 Å². The Morgan fingerprint density at radius 1 is 1.39 bits per heavy atom. The predicted molar refractivity (Wildman–Crippen MR) is 74.5 cm³/mol. The van der Waals surface area contributed by atoms with E-state index in [1.54, 1.807) is 0 Å². The first-order valence-corrected chi connectivity index (χ1v) is 6.62. The molecule has 2 rings (SSSR count). The number of benzene rings is 1. The summed E-state index contributed by atoms with van der Waals surface area (Å²) in [5.74, 6) is 0.0899. The second-order valence-corrected chi connectivity index (χ2v) is 5.60. The molecule has 1 aliphatic rings. The summed E-state index contributed by atoms with van der Waals surface area (Å²) in [7, 11) is 0. The van der Waals surface area contributed by atoms with Gasteiger partial charge in [0.15, 0.2) is 0 Å². The van der Waals surface area contributed by atoms with Crippen LogP contribution in [-0.2, 0) is 4.79 Å². The molecule has 0 spiro atoms. The maximum Gasteiger partial charge on any atom is 0.224 e. The minimum Gasteiger partial charge on any atom is -0.330 e. The standard InChI is InChI=1S/C15H22N2O/c1-11-4-5-13(12(2)8-11)17-14(18)9-15(10-16)6-3-7-15/h4-5,8H,3,6-7,9-10,16H2,1-2H3,(H,17,18). The van der Waals surface area contributed by atoms with Crippen LogP contribution in [0, 0.1) is 19.3 Å². The van der Waals surface area contributed by atoms with Gasteiger partial charge in [-0.15, -0.1) is 0 Å². The highest BCUT2D eigenvalue weighted by Crippen LogP contribution is 2.43. The number of aryl methyl sites for hydroxylation is 2. The van der Waals surface area contributed by atoms with Gasteiger partial charge in [0, 0.05) is 12.1 Å². The van der Waals surface area contributed by atoms with Gasteiger partial charge in [-0.05, 0) is 50.3 Å². The van der Waals surface area contributed by atoms with Crippen LogP contribution in [0.4, 0.5) is 5.69 Å². The first kappa shape index (κ1) is 13.1. The van der Waals surface area contributed by atoms with E-state index in [1.807, 2.05) is 19.1 Å². The number of anilines is 1. The van der Waals surface area contributed by atoms with Crippen molar-refractivity contribution in [1.29, 1.82) is 0 Å². The number of hydrogen-bond acceptors (Lipinski definition) is 2. The van der Waals surface area contributed by atoms with Crippen LogP contribution in [0.1, 0.15) is 36.8 Å². The monoisotopic (exact) mass is 246 g/mol. The molecule has 3 nitrogen and oxygen atoms in total. The molecule has 3 heteroatoms. The van der Waals surface area contributed by atoms with E-state index in [0.717, 1.165) is 24.1 Å². The third kappa shape index (κ3) is 2.72. The third-order valence-corrected chi connectivity index (χ3v) is 4.04. The van der Waals surface area contributed by atoms with Gasteiger partial charge >= 0.3 is 0 Å². The van der Waals surface area contributed by atoms with Crippen molar-refractivity contribution in [1.82, 2.24) is 0 Å². The van der Waals surface area contributed by atoms with Gasteiger partial charge < -0.3 is 11.1 Å². The lowest BCUT2D eigenvalue weighted by molar-refractivity contribution is -0.119. The normalized spacial score (nSPS) is 17.1. The van der Waals surface area contributed by atoms with Crippen molar-refractivity contribution < 1.29 is 4.79 Å². The number of carbonyl (C=O) groups is 1. The fourth-order valence-corrected chi connectivity index (χ4v) is 2.62. The van der Waals surface area contributed by atoms with Gasteiger partial charge in [0.1, 0.15) is 0 Å². The zero-order valence-corrected chi connectivity index (χ0v) is 11.3. The minimum absolute atomic E-state index is 0.0721. The molecule has 1 aromatic rings. The summed E-state index contributed by atoms with van der Waals surface area (Å²) in [4.78, 5) is 12.1. The van der Waals surface area contributed by atoms with Crippen LogP contribution in [0.15, 0.2) is 18.2 Å². The summed E-state index contributed by atoms with van der Waals surface area (Å²) in [5.41, 5.74) is 9.09. The molecule has 0 atom stereocenters. The summed E-state index contributed by atoms with van der Waals surface area (Å²) in [5, 5.41) is 3.00. The molecule has 0 radical (unpaired) electrons. The van der Waals surface area contributed by atoms with Crippen molar-refractivity contribution in [2.24, 2.45) is 11.1 Å². The fraction of sp³-hybridized carbons (Fsp3) is 0.533. The Balaban J connectivity index is 1.98. The van der Waals surface area contributed by atoms with Crippen molar-refractivity contribution >= 4 is 11.6 Å². The van der Waals surface area contributed by atoms with E-state index in [2.05, 4.69) is 18.3 Å². The molecule has 0 heterocycles. The molecule has 1 aromatic carbocycles. The first-order valence-electron chi connectivity index (χ1n) is 6.62. The Morgan fingerprint density at radius 2 is 2.11 bits per heavy atom. The average molecular weight is 246 g/mol. The zero-order chi connectivity index (χ0) is 13.2. The molecule has 1 saturated carbocycles. The maximum absolute atomic E-state index is 12.1. The second-order valence-electron chi connectivity index (χ2n) is 5.60. The van der Waals surface area contributed by atoms with E-state index in [0.29, 0.717) is 13.0 Å². The smallest absolute Gasteiger partial charge is 0.224 e. The van der Waals surface area contributed by atoms with Crippen molar-refractivity contribution in [3.63, 3.8) is 0 Å². The van der Waals surface area contributed by atoms with Gasteiger partial charge in [-0.25, -0.2) is 0 Å². The number of nitrogens with one attached hydrogen (secondary N) is 1. The third-order valence-electron chi connectivity index (χ3n) is 4.04. The Morgan fingerprint density at radius 3 is 2.61 bits per heavy atom. The van der Waals surface area contributed by atoms with Gasteiger partial charge in [-0.3, -0.25) is 4.79 Å². The van der Waals surface area contributed by atoms with Gasteiger partial charge in [-0.2, -0.15) is 0 Å². The van der Waals surface area contributed by atoms with Gasteiger partial charge in [0.2, 0.25) is 5.91 Å². The van der Waals surface area contributed by atoms with Gasteiger partial charge in [0.25, 0.3) is 0 Å². The van der Waals surface area contributed by atoms with Crippen LogP contribution in [-0.4, -0.2) is 12.5 Å². The lowest BCUT2D eigenvalue weighted by atomic mass is 9.66. The fourth-order valence-electron chi connectivity index (χ4n) is 2.62. The van der Waals surface area contributed by atoms with Gasteiger partial charge in [0.05, 0.1) is 0 Å². The molecule has 18 heavy (non-hydrogen) atoms. The molecule has 1 amide bonds. The Kier molecular flexibility index (Phi) is 3.71. The largest absolute Gasteiger partial charge is 0.330 e. The summed E-state index contributed by atoms with van der Waals surface area (Å²) in [6.45, 7) is 4.69. The van der Waals surface area contributed by atoms with Crippen LogP contribution < -0.4 is 11.1 Å². The molecular formula is C15H22N2O. The SMILES string of the molecule is Cc1ccc(NC(=O)CC2(CN)CCC2)c(C)c1. The number of amides is 1. The Labute approximate surface area is 109 Å². The highest BCUT2D eigenvalue weighted by Gasteiger charge is 2.37. The summed E-state index contributed by atoms with van der Waals surface area (Å²) < 4.78 is 0. The molecular weight excluding hydrogens is 224 g/mol. The Hall–Kier alpha value is -1.35. The predicted octanol–water partition coefficient (Wildman–Crippen LogP) is 2.76. The maximum atomic E-state index is 12.1. The summed E-state index contributed by atoms with van der Waals surface area (Å²) in [6, 6.07) is 6.07. The first-order chi connectivity index (χ1) is 8.54. The number of rotatable bonds is 4. The molecule has 1 fully saturated rings. The number of carbonyl (C=O) groups excluding carboxylic acids is 1. The van der Waals surface area contributed by atoms with Crippen LogP contribution >= 0.6 is 0 Å². The highest BCUT2D eigenvalue weighted by atomic mass is 16.1. The molecule has 0 aromatic heterocycles. The second kappa shape index (κ2) is 5.11. The van der Waals surface area contributed by atoms with Crippen molar-refractivity contribution in [2.45, 2.75) is 39.5 Å². The summed E-state index contributed by atoms with van der Waals surface area (Å²) in [6.07, 6.45) is 3.93. The van der Waals surface area contributed by atoms with Crippen LogP contribution in [0.2, 0.25) is 0 Å². The molecule has 0 unspecified atom stereocenters. The molecule has 0 saturated heterocycles. The van der Waals surface area contributed by atoms with E-state index in [4.69, 9.17) is 5.73 Å². The van der Waals surface area contributed by atoms with E-state index in [-0.39, 0.29) is 11.3 Å². The molecule has 0 aliphatic heterocycles. The average Bonchev–Trinajstić information content (AvgIpc) is 2.27. The van der Waals surface area contributed by atoms with E-state index < -0.39 is 0 Å². The minimum atomic E-state index is 0.0721. The lowest BCUT2D eigenvalue weighted by Gasteiger charge is -2.40. The topological polar surface area (TPSA) is 55.1 Å². The molecule has 3 N–H and O–H groups in total. The zero-order valence-electron chi connectivity index (χ0n) is 11.3. The lowest BCUT2D eigenvalue weighted by Crippen LogP contribution is -2.40. The summed E-state index contributed by atoms with van der Waals surface area (Å²) >= 11 is 0. The Bertz CT molecular complexity index is 444. The van der Waals surface area contributed by atoms with Crippen LogP contribution in [0.5, 0.6) is 0 Å². The number of nitrogens with two attached hydrogens (primary N) is 1. The molecule has 98 valence electrons. The quantitative estimate of drug-likeness (QED) is 0.858. The van der Waals surface area contributed by atoms with Crippen LogP contribution in [0.3, 0.4) is 0 Å². The van der Waals surface area contributed by atoms with E-state index >= 15 is 0 Å². The van der Waals surface area contributed by atoms with Crippen LogP contribution in [0.25, 0.3) is 0 Å². The van der Waals surface area contributed by atoms with E-state index in [1.165, 1.54) is 12.0 Å². The molecule has 1 aliphatic carbocycles. The molecule has 0 bridgehead atoms. The van der Waals surface area contributed by atoms with Gasteiger partial charge in [-0.1, -0.05) is 24.1 Å².